The predicted molar refractivity (Wildman–Crippen MR) is 124 cm³/mol. The van der Waals surface area contributed by atoms with E-state index in [0.29, 0.717) is 32.0 Å². The lowest BCUT2D eigenvalue weighted by Gasteiger charge is -2.43. The van der Waals surface area contributed by atoms with Gasteiger partial charge in [0.25, 0.3) is 0 Å². The van der Waals surface area contributed by atoms with Gasteiger partial charge in [-0.15, -0.1) is 0 Å². The molecule has 3 rings (SSSR count). The third-order valence-corrected chi connectivity index (χ3v) is 6.91. The standard InChI is InChI=1S/C25H37N3O5/c1-5-32-24(30)20-15-19(27(4)17(2)3)11-12-22(20)28-14-13-21(23(28)29)26-25(31)33-16-18-9-7-6-8-10-18/h6-10,17,19-22H,5,11-16H2,1-4H3,(H,26,31)/t19-,20?,21+,22+/m1/s1. The highest BCUT2D eigenvalue weighted by Crippen LogP contribution is 2.34. The molecule has 2 fully saturated rings. The van der Waals surface area contributed by atoms with Gasteiger partial charge in [-0.2, -0.15) is 0 Å². The Labute approximate surface area is 196 Å². The Morgan fingerprint density at radius 2 is 1.88 bits per heavy atom. The van der Waals surface area contributed by atoms with E-state index in [-0.39, 0.29) is 36.5 Å². The van der Waals surface area contributed by atoms with Gasteiger partial charge in [0, 0.05) is 24.7 Å². The van der Waals surface area contributed by atoms with E-state index in [9.17, 15) is 14.4 Å². The van der Waals surface area contributed by atoms with Crippen LogP contribution in [0.4, 0.5) is 4.79 Å². The number of hydrogen-bond donors (Lipinski definition) is 1. The highest BCUT2D eigenvalue weighted by Gasteiger charge is 2.45. The van der Waals surface area contributed by atoms with Crippen LogP contribution >= 0.6 is 0 Å². The van der Waals surface area contributed by atoms with Crippen molar-refractivity contribution in [3.8, 4) is 0 Å². The molecule has 33 heavy (non-hydrogen) atoms. The van der Waals surface area contributed by atoms with Crippen LogP contribution in [0.25, 0.3) is 0 Å². The average Bonchev–Trinajstić information content (AvgIpc) is 3.17. The molecular weight excluding hydrogens is 422 g/mol. The Morgan fingerprint density at radius 3 is 2.55 bits per heavy atom. The summed E-state index contributed by atoms with van der Waals surface area (Å²) in [6, 6.07) is 9.20. The molecule has 1 aliphatic heterocycles. The molecule has 1 unspecified atom stereocenters. The van der Waals surface area contributed by atoms with Crippen LogP contribution in [0.5, 0.6) is 0 Å². The molecule has 1 saturated heterocycles. The highest BCUT2D eigenvalue weighted by atomic mass is 16.5. The van der Waals surface area contributed by atoms with E-state index in [1.165, 1.54) is 0 Å². The summed E-state index contributed by atoms with van der Waals surface area (Å²) >= 11 is 0. The van der Waals surface area contributed by atoms with Gasteiger partial charge in [-0.1, -0.05) is 30.3 Å². The summed E-state index contributed by atoms with van der Waals surface area (Å²) < 4.78 is 10.6. The molecule has 0 aromatic heterocycles. The molecule has 0 radical (unpaired) electrons. The summed E-state index contributed by atoms with van der Waals surface area (Å²) in [7, 11) is 2.08. The van der Waals surface area contributed by atoms with Crippen LogP contribution < -0.4 is 5.32 Å². The largest absolute Gasteiger partial charge is 0.466 e. The first-order valence-corrected chi connectivity index (χ1v) is 12.0. The number of ether oxygens (including phenoxy) is 2. The van der Waals surface area contributed by atoms with Gasteiger partial charge in [-0.05, 0) is 59.1 Å². The van der Waals surface area contributed by atoms with Crippen LogP contribution in [0.1, 0.15) is 52.0 Å². The summed E-state index contributed by atoms with van der Waals surface area (Å²) in [6.07, 6.45) is 2.21. The Bertz CT molecular complexity index is 816. The number of likely N-dealkylation sites (tertiary alicyclic amines) is 1. The van der Waals surface area contributed by atoms with E-state index in [4.69, 9.17) is 9.47 Å². The molecule has 1 aliphatic carbocycles. The first kappa shape index (κ1) is 25.0. The second-order valence-corrected chi connectivity index (χ2v) is 9.23. The molecule has 1 aromatic rings. The third-order valence-electron chi connectivity index (χ3n) is 6.91. The quantitative estimate of drug-likeness (QED) is 0.602. The number of carbonyl (C=O) groups excluding carboxylic acids is 3. The van der Waals surface area contributed by atoms with Crippen LogP contribution in [-0.4, -0.2) is 72.1 Å². The lowest BCUT2D eigenvalue weighted by atomic mass is 9.80. The van der Waals surface area contributed by atoms with Crippen LogP contribution in [0.3, 0.4) is 0 Å². The zero-order valence-electron chi connectivity index (χ0n) is 20.2. The summed E-state index contributed by atoms with van der Waals surface area (Å²) in [6.45, 7) is 7.06. The monoisotopic (exact) mass is 459 g/mol. The molecule has 4 atom stereocenters. The molecule has 2 aliphatic rings. The predicted octanol–water partition coefficient (Wildman–Crippen LogP) is 2.95. The minimum atomic E-state index is -0.632. The maximum Gasteiger partial charge on any atom is 0.408 e. The lowest BCUT2D eigenvalue weighted by Crippen LogP contribution is -2.53. The molecule has 0 bridgehead atoms. The van der Waals surface area contributed by atoms with E-state index in [0.717, 1.165) is 18.4 Å². The van der Waals surface area contributed by atoms with E-state index in [1.807, 2.05) is 30.3 Å². The topological polar surface area (TPSA) is 88.2 Å². The number of alkyl carbamates (subject to hydrolysis) is 1. The van der Waals surface area contributed by atoms with Crippen molar-refractivity contribution in [1.82, 2.24) is 15.1 Å². The molecule has 1 N–H and O–H groups in total. The fourth-order valence-electron chi connectivity index (χ4n) is 4.87. The molecule has 0 spiro atoms. The smallest absolute Gasteiger partial charge is 0.408 e. The normalized spacial score (nSPS) is 25.4. The number of rotatable bonds is 8. The Morgan fingerprint density at radius 1 is 1.15 bits per heavy atom. The summed E-state index contributed by atoms with van der Waals surface area (Å²) in [5, 5.41) is 2.70. The van der Waals surface area contributed by atoms with Gasteiger partial charge >= 0.3 is 12.1 Å². The number of nitrogens with one attached hydrogen (secondary N) is 1. The zero-order chi connectivity index (χ0) is 24.0. The summed E-state index contributed by atoms with van der Waals surface area (Å²) in [4.78, 5) is 42.3. The van der Waals surface area contributed by atoms with Gasteiger partial charge in [0.05, 0.1) is 12.5 Å². The average molecular weight is 460 g/mol. The third kappa shape index (κ3) is 6.25. The number of nitrogens with zero attached hydrogens (tertiary/aromatic N) is 2. The van der Waals surface area contributed by atoms with Gasteiger partial charge in [0.15, 0.2) is 0 Å². The van der Waals surface area contributed by atoms with Gasteiger partial charge < -0.3 is 24.6 Å². The Kier molecular flexibility index (Phi) is 8.72. The SMILES string of the molecule is CCOC(=O)C1C[C@H](N(C)C(C)C)CC[C@@H]1N1CC[C@H](NC(=O)OCc2ccccc2)C1=O. The van der Waals surface area contributed by atoms with Gasteiger partial charge in [-0.25, -0.2) is 4.79 Å². The van der Waals surface area contributed by atoms with Crippen molar-refractivity contribution < 1.29 is 23.9 Å². The zero-order valence-corrected chi connectivity index (χ0v) is 20.2. The van der Waals surface area contributed by atoms with Gasteiger partial charge in [0.2, 0.25) is 5.91 Å². The number of hydrogen-bond acceptors (Lipinski definition) is 6. The van der Waals surface area contributed by atoms with Crippen molar-refractivity contribution in [3.05, 3.63) is 35.9 Å². The van der Waals surface area contributed by atoms with E-state index >= 15 is 0 Å². The molecular formula is C25H37N3O5. The van der Waals surface area contributed by atoms with Crippen molar-refractivity contribution in [2.45, 2.75) is 77.2 Å². The molecule has 182 valence electrons. The maximum absolute atomic E-state index is 13.2. The summed E-state index contributed by atoms with van der Waals surface area (Å²) in [5.41, 5.74) is 0.882. The number of benzene rings is 1. The molecule has 1 heterocycles. The minimum Gasteiger partial charge on any atom is -0.466 e. The lowest BCUT2D eigenvalue weighted by molar-refractivity contribution is -0.154. The van der Waals surface area contributed by atoms with Crippen LogP contribution in [-0.2, 0) is 25.7 Å². The van der Waals surface area contributed by atoms with E-state index in [1.54, 1.807) is 11.8 Å². The first-order chi connectivity index (χ1) is 15.8. The fourth-order valence-corrected chi connectivity index (χ4v) is 4.87. The highest BCUT2D eigenvalue weighted by molar-refractivity contribution is 5.88. The summed E-state index contributed by atoms with van der Waals surface area (Å²) in [5.74, 6) is -0.755. The van der Waals surface area contributed by atoms with Crippen molar-refractivity contribution in [2.75, 3.05) is 20.2 Å². The molecule has 2 amide bonds. The van der Waals surface area contributed by atoms with E-state index in [2.05, 4.69) is 31.1 Å². The molecule has 1 saturated carbocycles. The second kappa shape index (κ2) is 11.5. The number of esters is 1. The number of amides is 2. The van der Waals surface area contributed by atoms with E-state index < -0.39 is 12.1 Å². The first-order valence-electron chi connectivity index (χ1n) is 12.0. The van der Waals surface area contributed by atoms with Crippen molar-refractivity contribution in [2.24, 2.45) is 5.92 Å². The van der Waals surface area contributed by atoms with Crippen LogP contribution in [0.15, 0.2) is 30.3 Å². The molecule has 8 nitrogen and oxygen atoms in total. The van der Waals surface area contributed by atoms with Gasteiger partial charge in [-0.3, -0.25) is 9.59 Å². The molecule has 1 aromatic carbocycles. The minimum absolute atomic E-state index is 0.148. The number of carbonyl (C=O) groups is 3. The van der Waals surface area contributed by atoms with Crippen molar-refractivity contribution in [1.29, 1.82) is 0 Å². The maximum atomic E-state index is 13.2. The van der Waals surface area contributed by atoms with Crippen molar-refractivity contribution in [3.63, 3.8) is 0 Å². The fraction of sp³-hybridized carbons (Fsp3) is 0.640. The van der Waals surface area contributed by atoms with Crippen LogP contribution in [0.2, 0.25) is 0 Å². The van der Waals surface area contributed by atoms with Gasteiger partial charge in [0.1, 0.15) is 12.6 Å². The Hall–Kier alpha value is -2.61. The second-order valence-electron chi connectivity index (χ2n) is 9.23. The molecule has 8 heteroatoms. The van der Waals surface area contributed by atoms with Crippen LogP contribution in [0, 0.1) is 5.92 Å². The Balaban J connectivity index is 1.61. The van der Waals surface area contributed by atoms with Crippen molar-refractivity contribution >= 4 is 18.0 Å².